The van der Waals surface area contributed by atoms with Crippen molar-refractivity contribution in [3.05, 3.63) is 22.4 Å². The minimum absolute atomic E-state index is 0.0134. The molecule has 1 aromatic rings. The molecule has 0 radical (unpaired) electrons. The van der Waals surface area contributed by atoms with Crippen LogP contribution in [0.4, 0.5) is 0 Å². The van der Waals surface area contributed by atoms with Gasteiger partial charge in [0.25, 0.3) is 0 Å². The van der Waals surface area contributed by atoms with Crippen molar-refractivity contribution in [2.45, 2.75) is 6.42 Å². The third-order valence-electron chi connectivity index (χ3n) is 1.83. The molecule has 0 saturated heterocycles. The lowest BCUT2D eigenvalue weighted by atomic mass is 10.2. The minimum atomic E-state index is -0.0134. The summed E-state index contributed by atoms with van der Waals surface area (Å²) in [5, 5.41) is 9.77. The summed E-state index contributed by atoms with van der Waals surface area (Å²) in [6.45, 7) is 1.39. The summed E-state index contributed by atoms with van der Waals surface area (Å²) in [6.07, 6.45) is 5.92. The van der Waals surface area contributed by atoms with Crippen LogP contribution in [0.1, 0.15) is 5.56 Å². The van der Waals surface area contributed by atoms with Crippen molar-refractivity contribution in [3.63, 3.8) is 0 Å². The molecule has 3 nitrogen and oxygen atoms in total. The van der Waals surface area contributed by atoms with Gasteiger partial charge in [0.15, 0.2) is 0 Å². The maximum Gasteiger partial charge on any atom is 0.233 e. The Kier molecular flexibility index (Phi) is 5.52. The average Bonchev–Trinajstić information content (AvgIpc) is 2.71. The van der Waals surface area contributed by atoms with Crippen molar-refractivity contribution >= 4 is 17.2 Å². The van der Waals surface area contributed by atoms with E-state index in [1.807, 2.05) is 5.38 Å². The number of carbonyl (C=O) groups excluding carboxylic acids is 1. The van der Waals surface area contributed by atoms with Crippen LogP contribution in [-0.4, -0.2) is 25.5 Å². The first-order chi connectivity index (χ1) is 7.33. The number of rotatable bonds is 6. The van der Waals surface area contributed by atoms with Crippen LogP contribution in [-0.2, 0) is 11.2 Å². The van der Waals surface area contributed by atoms with Crippen LogP contribution in [0.15, 0.2) is 16.8 Å². The van der Waals surface area contributed by atoms with E-state index in [1.54, 1.807) is 11.3 Å². The second-order valence-corrected chi connectivity index (χ2v) is 3.82. The smallest absolute Gasteiger partial charge is 0.233 e. The molecule has 1 rings (SSSR count). The molecule has 0 bridgehead atoms. The first-order valence-corrected chi connectivity index (χ1v) is 5.69. The number of hydrogen-bond acceptors (Lipinski definition) is 3. The Balaban J connectivity index is 2.05. The van der Waals surface area contributed by atoms with Gasteiger partial charge in [-0.1, -0.05) is 5.92 Å². The first kappa shape index (κ1) is 11.8. The van der Waals surface area contributed by atoms with Gasteiger partial charge in [0.1, 0.15) is 0 Å². The molecule has 1 heterocycles. The normalized spacial score (nSPS) is 9.53. The van der Waals surface area contributed by atoms with E-state index in [0.717, 1.165) is 6.42 Å². The van der Waals surface area contributed by atoms with E-state index >= 15 is 0 Å². The Morgan fingerprint density at radius 1 is 1.60 bits per heavy atom. The van der Waals surface area contributed by atoms with Gasteiger partial charge in [0, 0.05) is 6.54 Å². The van der Waals surface area contributed by atoms with E-state index in [0.29, 0.717) is 13.1 Å². The Bertz CT molecular complexity index is 327. The summed E-state index contributed by atoms with van der Waals surface area (Å²) in [4.78, 5) is 11.2. The molecular formula is C11H14N2OS. The fourth-order valence-electron chi connectivity index (χ4n) is 1.09. The molecule has 0 aromatic carbocycles. The molecule has 1 amide bonds. The molecular weight excluding hydrogens is 208 g/mol. The van der Waals surface area contributed by atoms with Crippen molar-refractivity contribution in [2.75, 3.05) is 19.6 Å². The van der Waals surface area contributed by atoms with E-state index in [4.69, 9.17) is 6.42 Å². The zero-order valence-corrected chi connectivity index (χ0v) is 9.27. The summed E-state index contributed by atoms with van der Waals surface area (Å²) in [5.41, 5.74) is 1.26. The van der Waals surface area contributed by atoms with Gasteiger partial charge in [-0.15, -0.1) is 6.42 Å². The predicted molar refractivity (Wildman–Crippen MR) is 62.7 cm³/mol. The summed E-state index contributed by atoms with van der Waals surface area (Å²) in [6, 6.07) is 2.06. The fraction of sp³-hybridized carbons (Fsp3) is 0.364. The highest BCUT2D eigenvalue weighted by Gasteiger charge is 1.99. The monoisotopic (exact) mass is 222 g/mol. The lowest BCUT2D eigenvalue weighted by Crippen LogP contribution is -2.35. The number of thiophene rings is 1. The van der Waals surface area contributed by atoms with Gasteiger partial charge in [0.05, 0.1) is 13.1 Å². The Morgan fingerprint density at radius 2 is 2.47 bits per heavy atom. The maximum absolute atomic E-state index is 11.2. The van der Waals surface area contributed by atoms with Gasteiger partial charge < -0.3 is 5.32 Å². The average molecular weight is 222 g/mol. The van der Waals surface area contributed by atoms with Crippen LogP contribution in [0.2, 0.25) is 0 Å². The summed E-state index contributed by atoms with van der Waals surface area (Å²) >= 11 is 1.67. The topological polar surface area (TPSA) is 41.1 Å². The molecule has 1 aromatic heterocycles. The number of nitrogens with one attached hydrogen (secondary N) is 2. The molecule has 0 unspecified atom stereocenters. The van der Waals surface area contributed by atoms with Gasteiger partial charge in [-0.05, 0) is 28.8 Å². The molecule has 80 valence electrons. The molecule has 0 fully saturated rings. The molecule has 0 spiro atoms. The molecule has 15 heavy (non-hydrogen) atoms. The fourth-order valence-corrected chi connectivity index (χ4v) is 1.79. The molecule has 4 heteroatoms. The van der Waals surface area contributed by atoms with Crippen molar-refractivity contribution in [1.29, 1.82) is 0 Å². The molecule has 2 N–H and O–H groups in total. The Labute approximate surface area is 93.9 Å². The summed E-state index contributed by atoms with van der Waals surface area (Å²) < 4.78 is 0. The molecule has 0 aliphatic rings. The zero-order chi connectivity index (χ0) is 10.9. The Hall–Kier alpha value is -1.31. The maximum atomic E-state index is 11.2. The van der Waals surface area contributed by atoms with Crippen molar-refractivity contribution < 1.29 is 4.79 Å². The predicted octanol–water partition coefficient (Wildman–Crippen LogP) is 0.630. The van der Waals surface area contributed by atoms with Crippen molar-refractivity contribution in [1.82, 2.24) is 10.6 Å². The number of amides is 1. The molecule has 0 saturated carbocycles. The van der Waals surface area contributed by atoms with E-state index in [2.05, 4.69) is 28.0 Å². The molecule has 0 atom stereocenters. The number of carbonyl (C=O) groups is 1. The van der Waals surface area contributed by atoms with Crippen LogP contribution in [0.5, 0.6) is 0 Å². The van der Waals surface area contributed by atoms with Gasteiger partial charge in [-0.2, -0.15) is 11.3 Å². The van der Waals surface area contributed by atoms with Crippen molar-refractivity contribution in [2.24, 2.45) is 0 Å². The molecule has 0 aliphatic heterocycles. The summed E-state index contributed by atoms with van der Waals surface area (Å²) in [5.74, 6) is 2.40. The van der Waals surface area contributed by atoms with Gasteiger partial charge in [-0.3, -0.25) is 10.1 Å². The van der Waals surface area contributed by atoms with Gasteiger partial charge in [0.2, 0.25) is 5.91 Å². The Morgan fingerprint density at radius 3 is 3.13 bits per heavy atom. The number of terminal acetylenes is 1. The van der Waals surface area contributed by atoms with Crippen LogP contribution < -0.4 is 10.6 Å². The lowest BCUT2D eigenvalue weighted by molar-refractivity contribution is -0.120. The second kappa shape index (κ2) is 7.04. The quantitative estimate of drug-likeness (QED) is 0.547. The highest BCUT2D eigenvalue weighted by molar-refractivity contribution is 7.07. The highest BCUT2D eigenvalue weighted by atomic mass is 32.1. The third-order valence-corrected chi connectivity index (χ3v) is 2.56. The first-order valence-electron chi connectivity index (χ1n) is 4.75. The molecule has 0 aliphatic carbocycles. The lowest BCUT2D eigenvalue weighted by Gasteiger charge is -2.03. The SMILES string of the molecule is C#CCNCC(=O)NCCc1ccsc1. The van der Waals surface area contributed by atoms with E-state index < -0.39 is 0 Å². The van der Waals surface area contributed by atoms with Crippen LogP contribution in [0, 0.1) is 12.3 Å². The third kappa shape index (κ3) is 5.21. The second-order valence-electron chi connectivity index (χ2n) is 3.04. The van der Waals surface area contributed by atoms with Crippen LogP contribution in [0.3, 0.4) is 0 Å². The largest absolute Gasteiger partial charge is 0.355 e. The van der Waals surface area contributed by atoms with Crippen LogP contribution >= 0.6 is 11.3 Å². The van der Waals surface area contributed by atoms with E-state index in [1.165, 1.54) is 5.56 Å². The van der Waals surface area contributed by atoms with E-state index in [-0.39, 0.29) is 12.5 Å². The standard InChI is InChI=1S/C11H14N2OS/c1-2-5-12-8-11(14)13-6-3-10-4-7-15-9-10/h1,4,7,9,12H,3,5-6,8H2,(H,13,14). The van der Waals surface area contributed by atoms with Crippen LogP contribution in [0.25, 0.3) is 0 Å². The van der Waals surface area contributed by atoms with E-state index in [9.17, 15) is 4.79 Å². The summed E-state index contributed by atoms with van der Waals surface area (Å²) in [7, 11) is 0. The number of hydrogen-bond donors (Lipinski definition) is 2. The van der Waals surface area contributed by atoms with Crippen molar-refractivity contribution in [3.8, 4) is 12.3 Å². The highest BCUT2D eigenvalue weighted by Crippen LogP contribution is 2.05. The van der Waals surface area contributed by atoms with Gasteiger partial charge in [-0.25, -0.2) is 0 Å². The minimum Gasteiger partial charge on any atom is -0.355 e. The zero-order valence-electron chi connectivity index (χ0n) is 8.45. The van der Waals surface area contributed by atoms with Gasteiger partial charge >= 0.3 is 0 Å².